The quantitative estimate of drug-likeness (QED) is 0.703. The number of aldehydes is 1. The molecule has 0 amide bonds. The topological polar surface area (TPSA) is 50.4 Å². The lowest BCUT2D eigenvalue weighted by Crippen LogP contribution is -1.91. The van der Waals surface area contributed by atoms with E-state index in [-0.39, 0.29) is 5.75 Å². The molecule has 0 spiro atoms. The predicted molar refractivity (Wildman–Crippen MR) is 52.7 cm³/mol. The minimum atomic E-state index is 0.0138. The van der Waals surface area contributed by atoms with Gasteiger partial charge in [0.25, 0.3) is 0 Å². The molecule has 0 bridgehead atoms. The monoisotopic (exact) mass is 190 g/mol. The van der Waals surface area contributed by atoms with Crippen LogP contribution in [0.1, 0.15) is 21.5 Å². The molecule has 0 unspecified atom stereocenters. The molecule has 1 aromatic heterocycles. The van der Waals surface area contributed by atoms with Crippen molar-refractivity contribution < 1.29 is 14.3 Å². The minimum Gasteiger partial charge on any atom is -0.507 e. The summed E-state index contributed by atoms with van der Waals surface area (Å²) in [5.74, 6) is 0.0138. The Kier molecular flexibility index (Phi) is 1.81. The van der Waals surface area contributed by atoms with E-state index < -0.39 is 0 Å². The van der Waals surface area contributed by atoms with Gasteiger partial charge in [0.2, 0.25) is 0 Å². The van der Waals surface area contributed by atoms with E-state index >= 15 is 0 Å². The van der Waals surface area contributed by atoms with Gasteiger partial charge in [-0.2, -0.15) is 0 Å². The van der Waals surface area contributed by atoms with Crippen molar-refractivity contribution in [2.24, 2.45) is 0 Å². The van der Waals surface area contributed by atoms with Crippen molar-refractivity contribution in [2.45, 2.75) is 13.8 Å². The Morgan fingerprint density at radius 2 is 2.07 bits per heavy atom. The fourth-order valence-electron chi connectivity index (χ4n) is 1.67. The molecule has 3 heteroatoms. The van der Waals surface area contributed by atoms with Gasteiger partial charge in [0.15, 0.2) is 6.29 Å². The number of rotatable bonds is 1. The maximum absolute atomic E-state index is 10.8. The van der Waals surface area contributed by atoms with Crippen LogP contribution in [0.4, 0.5) is 0 Å². The van der Waals surface area contributed by atoms with E-state index in [2.05, 4.69) is 0 Å². The Labute approximate surface area is 81.0 Å². The molecule has 0 saturated heterocycles. The standard InChI is InChI=1S/C11H10O3/c1-6-8-3-4-14-11(8)7(2)10(13)9(6)5-12/h3-5,13H,1-2H3. The molecule has 2 aromatic rings. The Balaban J connectivity index is 3.01. The highest BCUT2D eigenvalue weighted by Crippen LogP contribution is 2.33. The first kappa shape index (κ1) is 8.81. The van der Waals surface area contributed by atoms with Gasteiger partial charge in [-0.25, -0.2) is 0 Å². The number of aryl methyl sites for hydroxylation is 2. The summed E-state index contributed by atoms with van der Waals surface area (Å²) in [6, 6.07) is 1.80. The summed E-state index contributed by atoms with van der Waals surface area (Å²) in [6.45, 7) is 3.52. The number of carbonyl (C=O) groups excluding carboxylic acids is 1. The number of benzene rings is 1. The van der Waals surface area contributed by atoms with Crippen LogP contribution in [-0.2, 0) is 0 Å². The molecule has 72 valence electrons. The Morgan fingerprint density at radius 3 is 2.71 bits per heavy atom. The van der Waals surface area contributed by atoms with E-state index in [4.69, 9.17) is 4.42 Å². The van der Waals surface area contributed by atoms with Gasteiger partial charge >= 0.3 is 0 Å². The molecule has 3 nitrogen and oxygen atoms in total. The van der Waals surface area contributed by atoms with E-state index in [0.29, 0.717) is 23.0 Å². The molecular formula is C11H10O3. The summed E-state index contributed by atoms with van der Waals surface area (Å²) in [4.78, 5) is 10.8. The third-order valence-electron chi connectivity index (χ3n) is 2.54. The van der Waals surface area contributed by atoms with Crippen LogP contribution < -0.4 is 0 Å². The summed E-state index contributed by atoms with van der Waals surface area (Å²) in [7, 11) is 0. The van der Waals surface area contributed by atoms with E-state index in [0.717, 1.165) is 10.9 Å². The summed E-state index contributed by atoms with van der Waals surface area (Å²) < 4.78 is 5.23. The number of hydrogen-bond acceptors (Lipinski definition) is 3. The van der Waals surface area contributed by atoms with Gasteiger partial charge in [0.1, 0.15) is 11.3 Å². The first-order valence-corrected chi connectivity index (χ1v) is 4.31. The van der Waals surface area contributed by atoms with Crippen LogP contribution in [0.25, 0.3) is 11.0 Å². The number of phenols is 1. The first-order chi connectivity index (χ1) is 6.66. The van der Waals surface area contributed by atoms with Crippen LogP contribution in [0.15, 0.2) is 16.7 Å². The largest absolute Gasteiger partial charge is 0.507 e. The third-order valence-corrected chi connectivity index (χ3v) is 2.54. The van der Waals surface area contributed by atoms with Crippen LogP contribution in [0, 0.1) is 13.8 Å². The normalized spacial score (nSPS) is 10.7. The molecule has 1 N–H and O–H groups in total. The lowest BCUT2D eigenvalue weighted by atomic mass is 10.0. The SMILES string of the molecule is Cc1c(C=O)c(O)c(C)c2occc12. The number of aromatic hydroxyl groups is 1. The highest BCUT2D eigenvalue weighted by Gasteiger charge is 2.15. The summed E-state index contributed by atoms with van der Waals surface area (Å²) in [5, 5.41) is 10.6. The van der Waals surface area contributed by atoms with Crippen LogP contribution in [-0.4, -0.2) is 11.4 Å². The van der Waals surface area contributed by atoms with Gasteiger partial charge in [0, 0.05) is 10.9 Å². The molecule has 0 radical (unpaired) electrons. The fraction of sp³-hybridized carbons (Fsp3) is 0.182. The van der Waals surface area contributed by atoms with Crippen molar-refractivity contribution in [3.63, 3.8) is 0 Å². The fourth-order valence-corrected chi connectivity index (χ4v) is 1.67. The average molecular weight is 190 g/mol. The Bertz CT molecular complexity index is 509. The molecular weight excluding hydrogens is 180 g/mol. The zero-order chi connectivity index (χ0) is 10.3. The van der Waals surface area contributed by atoms with Gasteiger partial charge in [-0.3, -0.25) is 4.79 Å². The molecule has 14 heavy (non-hydrogen) atoms. The van der Waals surface area contributed by atoms with E-state index in [9.17, 15) is 9.90 Å². The van der Waals surface area contributed by atoms with Crippen molar-refractivity contribution in [1.82, 2.24) is 0 Å². The van der Waals surface area contributed by atoms with Gasteiger partial charge in [-0.05, 0) is 25.5 Å². The van der Waals surface area contributed by atoms with Crippen LogP contribution in [0.3, 0.4) is 0 Å². The first-order valence-electron chi connectivity index (χ1n) is 4.31. The van der Waals surface area contributed by atoms with Crippen molar-refractivity contribution in [1.29, 1.82) is 0 Å². The van der Waals surface area contributed by atoms with Crippen molar-refractivity contribution in [3.05, 3.63) is 29.0 Å². The Morgan fingerprint density at radius 1 is 1.36 bits per heavy atom. The number of furan rings is 1. The molecule has 1 aromatic carbocycles. The van der Waals surface area contributed by atoms with Gasteiger partial charge < -0.3 is 9.52 Å². The molecule has 0 aliphatic rings. The van der Waals surface area contributed by atoms with Crippen LogP contribution in [0.5, 0.6) is 5.75 Å². The summed E-state index contributed by atoms with van der Waals surface area (Å²) in [5.41, 5.74) is 2.35. The van der Waals surface area contributed by atoms with Crippen molar-refractivity contribution in [3.8, 4) is 5.75 Å². The highest BCUT2D eigenvalue weighted by atomic mass is 16.3. The molecule has 0 fully saturated rings. The number of phenolic OH excluding ortho intramolecular Hbond substituents is 1. The van der Waals surface area contributed by atoms with E-state index in [1.165, 1.54) is 0 Å². The number of fused-ring (bicyclic) bond motifs is 1. The van der Waals surface area contributed by atoms with Crippen molar-refractivity contribution in [2.75, 3.05) is 0 Å². The van der Waals surface area contributed by atoms with Gasteiger partial charge in [-0.1, -0.05) is 0 Å². The minimum absolute atomic E-state index is 0.0138. The molecule has 2 rings (SSSR count). The lowest BCUT2D eigenvalue weighted by molar-refractivity contribution is 0.112. The summed E-state index contributed by atoms with van der Waals surface area (Å²) >= 11 is 0. The molecule has 0 aliphatic carbocycles. The average Bonchev–Trinajstić information content (AvgIpc) is 2.64. The second-order valence-electron chi connectivity index (χ2n) is 3.29. The number of carbonyl (C=O) groups is 1. The third kappa shape index (κ3) is 0.954. The van der Waals surface area contributed by atoms with Crippen LogP contribution >= 0.6 is 0 Å². The Hall–Kier alpha value is -1.77. The van der Waals surface area contributed by atoms with Crippen LogP contribution in [0.2, 0.25) is 0 Å². The van der Waals surface area contributed by atoms with E-state index in [1.807, 2.05) is 0 Å². The summed E-state index contributed by atoms with van der Waals surface area (Å²) in [6.07, 6.45) is 2.22. The van der Waals surface area contributed by atoms with Gasteiger partial charge in [0.05, 0.1) is 11.8 Å². The molecule has 0 saturated carbocycles. The smallest absolute Gasteiger partial charge is 0.154 e. The molecule has 1 heterocycles. The maximum Gasteiger partial charge on any atom is 0.154 e. The second-order valence-corrected chi connectivity index (χ2v) is 3.29. The lowest BCUT2D eigenvalue weighted by Gasteiger charge is -2.06. The van der Waals surface area contributed by atoms with Crippen molar-refractivity contribution >= 4 is 17.3 Å². The van der Waals surface area contributed by atoms with E-state index in [1.54, 1.807) is 26.2 Å². The number of hydrogen-bond donors (Lipinski definition) is 1. The maximum atomic E-state index is 10.8. The second kappa shape index (κ2) is 2.87. The molecule has 0 atom stereocenters. The highest BCUT2D eigenvalue weighted by molar-refractivity contribution is 5.95. The predicted octanol–water partition coefficient (Wildman–Crippen LogP) is 2.57. The zero-order valence-electron chi connectivity index (χ0n) is 8.00. The van der Waals surface area contributed by atoms with Gasteiger partial charge in [-0.15, -0.1) is 0 Å². The molecule has 0 aliphatic heterocycles. The zero-order valence-corrected chi connectivity index (χ0v) is 8.00.